The van der Waals surface area contributed by atoms with Gasteiger partial charge in [-0.2, -0.15) is 12.6 Å². The van der Waals surface area contributed by atoms with E-state index in [2.05, 4.69) is 24.5 Å². The SMILES string of the molecule is CCCN1CCC(CN2CC(S)CC2=O)CC1. The molecule has 0 bridgehead atoms. The Morgan fingerprint density at radius 2 is 2.06 bits per heavy atom. The number of piperidine rings is 1. The van der Waals surface area contributed by atoms with Gasteiger partial charge in [-0.3, -0.25) is 4.79 Å². The fraction of sp³-hybridized carbons (Fsp3) is 0.923. The number of rotatable bonds is 4. The Bertz CT molecular complexity index is 264. The zero-order valence-electron chi connectivity index (χ0n) is 10.8. The predicted octanol–water partition coefficient (Wildman–Crippen LogP) is 1.64. The minimum Gasteiger partial charge on any atom is -0.341 e. The van der Waals surface area contributed by atoms with Crippen molar-refractivity contribution >= 4 is 18.5 Å². The monoisotopic (exact) mass is 256 g/mol. The smallest absolute Gasteiger partial charge is 0.223 e. The Balaban J connectivity index is 1.73. The average molecular weight is 256 g/mol. The second kappa shape index (κ2) is 6.10. The lowest BCUT2D eigenvalue weighted by atomic mass is 9.96. The number of hydrogen-bond donors (Lipinski definition) is 1. The summed E-state index contributed by atoms with van der Waals surface area (Å²) >= 11 is 4.40. The van der Waals surface area contributed by atoms with Crippen molar-refractivity contribution in [3.05, 3.63) is 0 Å². The summed E-state index contributed by atoms with van der Waals surface area (Å²) in [6.07, 6.45) is 4.39. The number of carbonyl (C=O) groups excluding carboxylic acids is 1. The van der Waals surface area contributed by atoms with Gasteiger partial charge in [-0.25, -0.2) is 0 Å². The van der Waals surface area contributed by atoms with E-state index in [4.69, 9.17) is 0 Å². The van der Waals surface area contributed by atoms with E-state index < -0.39 is 0 Å². The highest BCUT2D eigenvalue weighted by Crippen LogP contribution is 2.22. The van der Waals surface area contributed by atoms with E-state index in [9.17, 15) is 4.79 Å². The van der Waals surface area contributed by atoms with Crippen LogP contribution in [-0.4, -0.2) is 53.7 Å². The molecule has 0 aromatic rings. The lowest BCUT2D eigenvalue weighted by Gasteiger charge is -2.33. The summed E-state index contributed by atoms with van der Waals surface area (Å²) in [6.45, 7) is 7.72. The maximum absolute atomic E-state index is 11.7. The van der Waals surface area contributed by atoms with Gasteiger partial charge in [0.25, 0.3) is 0 Å². The van der Waals surface area contributed by atoms with Gasteiger partial charge < -0.3 is 9.80 Å². The van der Waals surface area contributed by atoms with Crippen LogP contribution in [0.5, 0.6) is 0 Å². The molecule has 0 aromatic heterocycles. The maximum Gasteiger partial charge on any atom is 0.223 e. The highest BCUT2D eigenvalue weighted by molar-refractivity contribution is 7.81. The molecule has 0 radical (unpaired) electrons. The molecule has 2 rings (SSSR count). The lowest BCUT2D eigenvalue weighted by molar-refractivity contribution is -0.128. The van der Waals surface area contributed by atoms with E-state index in [0.29, 0.717) is 18.2 Å². The van der Waals surface area contributed by atoms with Crippen molar-refractivity contribution in [1.29, 1.82) is 0 Å². The number of hydrogen-bond acceptors (Lipinski definition) is 3. The third-order valence-corrected chi connectivity index (χ3v) is 4.27. The summed E-state index contributed by atoms with van der Waals surface area (Å²) in [7, 11) is 0. The van der Waals surface area contributed by atoms with Crippen LogP contribution in [0.4, 0.5) is 0 Å². The minimum atomic E-state index is 0.266. The summed E-state index contributed by atoms with van der Waals surface area (Å²) in [6, 6.07) is 0. The third kappa shape index (κ3) is 3.62. The minimum absolute atomic E-state index is 0.266. The lowest BCUT2D eigenvalue weighted by Crippen LogP contribution is -2.39. The molecule has 0 aromatic carbocycles. The van der Waals surface area contributed by atoms with Crippen LogP contribution in [0.1, 0.15) is 32.6 Å². The molecule has 1 amide bonds. The van der Waals surface area contributed by atoms with Crippen molar-refractivity contribution in [2.75, 3.05) is 32.7 Å². The highest BCUT2D eigenvalue weighted by atomic mass is 32.1. The van der Waals surface area contributed by atoms with Crippen molar-refractivity contribution in [3.63, 3.8) is 0 Å². The van der Waals surface area contributed by atoms with Crippen LogP contribution in [0.3, 0.4) is 0 Å². The first kappa shape index (κ1) is 13.2. The summed E-state index contributed by atoms with van der Waals surface area (Å²) in [5.41, 5.74) is 0. The first-order valence-electron chi connectivity index (χ1n) is 6.87. The molecule has 0 N–H and O–H groups in total. The molecule has 2 aliphatic heterocycles. The predicted molar refractivity (Wildman–Crippen MR) is 73.4 cm³/mol. The van der Waals surface area contributed by atoms with E-state index in [1.54, 1.807) is 0 Å². The van der Waals surface area contributed by atoms with E-state index >= 15 is 0 Å². The molecular formula is C13H24N2OS. The highest BCUT2D eigenvalue weighted by Gasteiger charge is 2.30. The van der Waals surface area contributed by atoms with Crippen LogP contribution in [0.2, 0.25) is 0 Å². The quantitative estimate of drug-likeness (QED) is 0.773. The van der Waals surface area contributed by atoms with Gasteiger partial charge in [0.1, 0.15) is 0 Å². The molecule has 0 spiro atoms. The normalized spacial score (nSPS) is 28.0. The van der Waals surface area contributed by atoms with Gasteiger partial charge in [0.2, 0.25) is 5.91 Å². The molecule has 98 valence electrons. The summed E-state index contributed by atoms with van der Waals surface area (Å²) in [5.74, 6) is 1.02. The van der Waals surface area contributed by atoms with Gasteiger partial charge >= 0.3 is 0 Å². The van der Waals surface area contributed by atoms with Crippen LogP contribution in [0.15, 0.2) is 0 Å². The Hall–Kier alpha value is -0.220. The Morgan fingerprint density at radius 3 is 2.59 bits per heavy atom. The molecule has 2 heterocycles. The first-order chi connectivity index (χ1) is 8.19. The van der Waals surface area contributed by atoms with Crippen molar-refractivity contribution in [2.24, 2.45) is 5.92 Å². The standard InChI is InChI=1S/C13H24N2OS/c1-2-5-14-6-3-11(4-7-14)9-15-10-12(17)8-13(15)16/h11-12,17H,2-10H2,1H3. The molecule has 3 nitrogen and oxygen atoms in total. The maximum atomic E-state index is 11.7. The molecule has 17 heavy (non-hydrogen) atoms. The van der Waals surface area contributed by atoms with Crippen molar-refractivity contribution < 1.29 is 4.79 Å². The summed E-state index contributed by atoms with van der Waals surface area (Å²) in [4.78, 5) is 16.3. The van der Waals surface area contributed by atoms with Gasteiger partial charge in [0.05, 0.1) is 0 Å². The van der Waals surface area contributed by atoms with Crippen LogP contribution >= 0.6 is 12.6 Å². The molecule has 1 unspecified atom stereocenters. The second-order valence-corrected chi connectivity index (χ2v) is 6.17. The largest absolute Gasteiger partial charge is 0.341 e. The van der Waals surface area contributed by atoms with Crippen LogP contribution in [-0.2, 0) is 4.79 Å². The van der Waals surface area contributed by atoms with E-state index in [1.807, 2.05) is 4.90 Å². The van der Waals surface area contributed by atoms with E-state index in [0.717, 1.165) is 13.1 Å². The van der Waals surface area contributed by atoms with Crippen LogP contribution in [0.25, 0.3) is 0 Å². The van der Waals surface area contributed by atoms with Crippen molar-refractivity contribution in [1.82, 2.24) is 9.80 Å². The molecule has 0 saturated carbocycles. The number of thiol groups is 1. The molecule has 1 atom stereocenters. The van der Waals surface area contributed by atoms with Gasteiger partial charge in [0.15, 0.2) is 0 Å². The molecular weight excluding hydrogens is 232 g/mol. The summed E-state index contributed by atoms with van der Waals surface area (Å²) in [5, 5.41) is 0.266. The first-order valence-corrected chi connectivity index (χ1v) is 7.39. The number of nitrogens with zero attached hydrogens (tertiary/aromatic N) is 2. The van der Waals surface area contributed by atoms with E-state index in [1.165, 1.54) is 38.9 Å². The molecule has 2 aliphatic rings. The Kier molecular flexibility index (Phi) is 4.74. The topological polar surface area (TPSA) is 23.6 Å². The number of amides is 1. The molecule has 2 fully saturated rings. The van der Waals surface area contributed by atoms with Gasteiger partial charge in [-0.1, -0.05) is 6.92 Å². The van der Waals surface area contributed by atoms with Crippen LogP contribution < -0.4 is 0 Å². The summed E-state index contributed by atoms with van der Waals surface area (Å²) < 4.78 is 0. The Morgan fingerprint density at radius 1 is 1.35 bits per heavy atom. The number of carbonyl (C=O) groups is 1. The zero-order chi connectivity index (χ0) is 12.3. The second-order valence-electron chi connectivity index (χ2n) is 5.44. The fourth-order valence-electron chi connectivity index (χ4n) is 2.95. The van der Waals surface area contributed by atoms with Gasteiger partial charge in [0, 0.05) is 24.8 Å². The fourth-order valence-corrected chi connectivity index (χ4v) is 3.30. The molecule has 4 heteroatoms. The third-order valence-electron chi connectivity index (χ3n) is 3.92. The van der Waals surface area contributed by atoms with Gasteiger partial charge in [-0.15, -0.1) is 0 Å². The van der Waals surface area contributed by atoms with E-state index in [-0.39, 0.29) is 5.25 Å². The van der Waals surface area contributed by atoms with Gasteiger partial charge in [-0.05, 0) is 44.8 Å². The Labute approximate surface area is 110 Å². The number of likely N-dealkylation sites (tertiary alicyclic amines) is 2. The van der Waals surface area contributed by atoms with Crippen LogP contribution in [0, 0.1) is 5.92 Å². The van der Waals surface area contributed by atoms with Crippen molar-refractivity contribution in [3.8, 4) is 0 Å². The zero-order valence-corrected chi connectivity index (χ0v) is 11.7. The average Bonchev–Trinajstić information content (AvgIpc) is 2.61. The molecule has 0 aliphatic carbocycles. The van der Waals surface area contributed by atoms with Crippen molar-refractivity contribution in [2.45, 2.75) is 37.9 Å². The molecule has 2 saturated heterocycles.